The number of hydrogen-bond donors (Lipinski definition) is 3. The summed E-state index contributed by atoms with van der Waals surface area (Å²) in [6.07, 6.45) is 6.48. The lowest BCUT2D eigenvalue weighted by Gasteiger charge is -2.21. The Labute approximate surface area is 246 Å². The minimum absolute atomic E-state index is 0.0466. The Morgan fingerprint density at radius 2 is 1.93 bits per heavy atom. The van der Waals surface area contributed by atoms with Gasteiger partial charge in [0.05, 0.1) is 29.0 Å². The lowest BCUT2D eigenvalue weighted by atomic mass is 9.80. The van der Waals surface area contributed by atoms with Crippen molar-refractivity contribution in [2.75, 3.05) is 7.11 Å². The smallest absolute Gasteiger partial charge is 0.203 e. The van der Waals surface area contributed by atoms with E-state index in [1.807, 2.05) is 24.3 Å². The number of halogens is 3. The number of fused-ring (bicyclic) bond motifs is 1. The van der Waals surface area contributed by atoms with Crippen molar-refractivity contribution in [1.29, 1.82) is 5.26 Å². The number of rotatable bonds is 9. The van der Waals surface area contributed by atoms with Crippen molar-refractivity contribution in [3.63, 3.8) is 0 Å². The average Bonchev–Trinajstić information content (AvgIpc) is 3.53. The third-order valence-electron chi connectivity index (χ3n) is 7.69. The molecule has 2 heterocycles. The molecule has 0 saturated heterocycles. The number of aromatic nitrogens is 3. The molecule has 0 amide bonds. The zero-order valence-electron chi connectivity index (χ0n) is 23.5. The Balaban J connectivity index is 0.00000180. The predicted octanol–water partition coefficient (Wildman–Crippen LogP) is 7.21. The molecule has 1 aliphatic rings. The van der Waals surface area contributed by atoms with Crippen LogP contribution in [0.3, 0.4) is 0 Å². The van der Waals surface area contributed by atoms with E-state index in [-0.39, 0.29) is 34.3 Å². The van der Waals surface area contributed by atoms with Crippen LogP contribution in [0.5, 0.6) is 11.5 Å². The molecule has 220 valence electrons. The van der Waals surface area contributed by atoms with Crippen LogP contribution >= 0.6 is 0 Å². The number of aldehydes is 1. The van der Waals surface area contributed by atoms with Crippen molar-refractivity contribution in [2.24, 2.45) is 0 Å². The minimum Gasteiger partial charge on any atom is -0.454 e. The van der Waals surface area contributed by atoms with Crippen molar-refractivity contribution in [3.8, 4) is 29.0 Å². The molecule has 0 radical (unpaired) electrons. The minimum atomic E-state index is -1.14. The molecular weight excluding hydrogens is 557 g/mol. The van der Waals surface area contributed by atoms with E-state index in [9.17, 15) is 14.4 Å². The van der Waals surface area contributed by atoms with Gasteiger partial charge in [0, 0.05) is 30.7 Å². The quantitative estimate of drug-likeness (QED) is 0.158. The summed E-state index contributed by atoms with van der Waals surface area (Å²) in [5, 5.41) is 17.7. The fourth-order valence-electron chi connectivity index (χ4n) is 5.23. The lowest BCUT2D eigenvalue weighted by Crippen LogP contribution is -2.22. The maximum absolute atomic E-state index is 15.2. The Kier molecular flexibility index (Phi) is 8.37. The predicted molar refractivity (Wildman–Crippen MR) is 155 cm³/mol. The molecule has 1 fully saturated rings. The highest BCUT2D eigenvalue weighted by Crippen LogP contribution is 2.50. The molecule has 0 aliphatic heterocycles. The first-order chi connectivity index (χ1) is 20.8. The molecule has 0 bridgehead atoms. The second kappa shape index (κ2) is 12.2. The number of aryl methyl sites for hydroxylation is 1. The maximum atomic E-state index is 15.2. The molecule has 3 aromatic carbocycles. The number of benzene rings is 3. The molecule has 1 unspecified atom stereocenters. The fourth-order valence-corrected chi connectivity index (χ4v) is 5.23. The second-order valence-corrected chi connectivity index (χ2v) is 10.4. The number of aliphatic hydroxyl groups is 1. The van der Waals surface area contributed by atoms with Crippen LogP contribution in [0.25, 0.3) is 22.3 Å². The van der Waals surface area contributed by atoms with Crippen LogP contribution in [-0.4, -0.2) is 33.5 Å². The number of imidazole rings is 1. The van der Waals surface area contributed by atoms with Crippen molar-refractivity contribution < 1.29 is 27.8 Å². The van der Waals surface area contributed by atoms with E-state index < -0.39 is 22.9 Å². The van der Waals surface area contributed by atoms with E-state index in [1.165, 1.54) is 24.4 Å². The third kappa shape index (κ3) is 5.51. The van der Waals surface area contributed by atoms with E-state index in [1.54, 1.807) is 19.2 Å². The summed E-state index contributed by atoms with van der Waals surface area (Å²) >= 11 is 0. The number of H-pyrrole nitrogens is 2. The molecule has 43 heavy (non-hydrogen) atoms. The Morgan fingerprint density at radius 3 is 2.65 bits per heavy atom. The third-order valence-corrected chi connectivity index (χ3v) is 7.69. The number of carbonyl (C=O) groups is 1. The average molecular weight is 587 g/mol. The van der Waals surface area contributed by atoms with E-state index in [2.05, 4.69) is 21.0 Å². The normalized spacial score (nSPS) is 14.0. The molecule has 1 atom stereocenters. The molecular formula is C33H29F3N4O3. The largest absolute Gasteiger partial charge is 0.454 e. The molecule has 1 saturated carbocycles. The van der Waals surface area contributed by atoms with Crippen molar-refractivity contribution >= 4 is 17.2 Å². The van der Waals surface area contributed by atoms with Gasteiger partial charge in [-0.1, -0.05) is 24.3 Å². The van der Waals surface area contributed by atoms with Crippen LogP contribution in [-0.2, 0) is 16.6 Å². The number of hydrogen-bond acceptors (Lipinski definition) is 5. The fraction of sp³-hybridized carbons (Fsp3) is 0.242. The molecule has 2 aromatic heterocycles. The van der Waals surface area contributed by atoms with Crippen LogP contribution in [0.15, 0.2) is 60.9 Å². The first-order valence-corrected chi connectivity index (χ1v) is 13.7. The van der Waals surface area contributed by atoms with Crippen molar-refractivity contribution in [2.45, 2.75) is 43.9 Å². The molecule has 7 nitrogen and oxygen atoms in total. The van der Waals surface area contributed by atoms with Gasteiger partial charge in [0.1, 0.15) is 29.1 Å². The monoisotopic (exact) mass is 586 g/mol. The molecule has 0 spiro atoms. The number of nitrogens with one attached hydrogen (secondary N) is 2. The zero-order valence-corrected chi connectivity index (χ0v) is 23.5. The molecule has 3 N–H and O–H groups in total. The van der Waals surface area contributed by atoms with Gasteiger partial charge < -0.3 is 24.6 Å². The molecule has 6 rings (SSSR count). The summed E-state index contributed by atoms with van der Waals surface area (Å²) in [5.41, 5.74) is 1.64. The SMILES string of the molecule is CC(C#N)(c1cccc(CCC=O)c1)c1cnc(-c2cc(Oc3c(F)c(F)c4[nH]ccc4c3C3CC3)ccc2F)[nH]1.CO. The summed E-state index contributed by atoms with van der Waals surface area (Å²) in [5.74, 6) is -2.64. The highest BCUT2D eigenvalue weighted by molar-refractivity contribution is 5.87. The topological polar surface area (TPSA) is 115 Å². The van der Waals surface area contributed by atoms with Crippen molar-refractivity contribution in [1.82, 2.24) is 15.0 Å². The first kappa shape index (κ1) is 29.6. The van der Waals surface area contributed by atoms with E-state index in [4.69, 9.17) is 9.84 Å². The summed E-state index contributed by atoms with van der Waals surface area (Å²) in [6, 6.07) is 15.3. The maximum Gasteiger partial charge on any atom is 0.203 e. The van der Waals surface area contributed by atoms with Crippen LogP contribution in [0.2, 0.25) is 0 Å². The number of ether oxygens (including phenoxy) is 1. The lowest BCUT2D eigenvalue weighted by molar-refractivity contribution is -0.107. The van der Waals surface area contributed by atoms with E-state index in [0.717, 1.165) is 31.8 Å². The summed E-state index contributed by atoms with van der Waals surface area (Å²) in [6.45, 7) is 1.73. The molecule has 1 aliphatic carbocycles. The number of aliphatic hydroxyl groups excluding tert-OH is 1. The first-order valence-electron chi connectivity index (χ1n) is 13.7. The molecule has 5 aromatic rings. The Hall–Kier alpha value is -4.88. The molecule has 10 heteroatoms. The van der Waals surface area contributed by atoms with Gasteiger partial charge in [-0.2, -0.15) is 9.65 Å². The van der Waals surface area contributed by atoms with Gasteiger partial charge in [-0.05, 0) is 67.5 Å². The Morgan fingerprint density at radius 1 is 1.14 bits per heavy atom. The van der Waals surface area contributed by atoms with Gasteiger partial charge >= 0.3 is 0 Å². The van der Waals surface area contributed by atoms with Gasteiger partial charge in [-0.25, -0.2) is 13.8 Å². The summed E-state index contributed by atoms with van der Waals surface area (Å²) < 4.78 is 51.0. The van der Waals surface area contributed by atoms with Gasteiger partial charge in [0.15, 0.2) is 11.6 Å². The van der Waals surface area contributed by atoms with Gasteiger partial charge in [0.25, 0.3) is 0 Å². The van der Waals surface area contributed by atoms with Crippen LogP contribution in [0.4, 0.5) is 13.2 Å². The zero-order chi connectivity index (χ0) is 30.7. The van der Waals surface area contributed by atoms with Crippen molar-refractivity contribution in [3.05, 3.63) is 101 Å². The van der Waals surface area contributed by atoms with Gasteiger partial charge in [0.2, 0.25) is 5.82 Å². The van der Waals surface area contributed by atoms with Crippen LogP contribution in [0.1, 0.15) is 54.5 Å². The Bertz CT molecular complexity index is 1840. The van der Waals surface area contributed by atoms with E-state index in [0.29, 0.717) is 35.0 Å². The number of nitriles is 1. The highest BCUT2D eigenvalue weighted by atomic mass is 19.2. The number of nitrogens with zero attached hydrogens (tertiary/aromatic N) is 2. The van der Waals surface area contributed by atoms with Gasteiger partial charge in [-0.15, -0.1) is 0 Å². The summed E-state index contributed by atoms with van der Waals surface area (Å²) in [7, 11) is 1.00. The highest BCUT2D eigenvalue weighted by Gasteiger charge is 2.34. The van der Waals surface area contributed by atoms with Gasteiger partial charge in [-0.3, -0.25) is 0 Å². The van der Waals surface area contributed by atoms with Crippen LogP contribution in [0, 0.1) is 28.8 Å². The number of carbonyl (C=O) groups excluding carboxylic acids is 1. The second-order valence-electron chi connectivity index (χ2n) is 10.4. The summed E-state index contributed by atoms with van der Waals surface area (Å²) in [4.78, 5) is 21.0. The van der Waals surface area contributed by atoms with E-state index >= 15 is 8.78 Å². The standard InChI is InChI=1S/C32H25F3N4O2.CH4O/c1-32(17-36,20-6-2-4-18(14-20)5-3-13-40)25-16-38-31(39-25)23-15-21(9-10-24(23)33)41-30-26(19-7-8-19)22-11-12-37-29(22)27(34)28(30)35;1-2/h2,4,6,9-16,19,37H,3,5,7-8H2,1H3,(H,38,39);2H,1H3. The number of aromatic amines is 2. The van der Waals surface area contributed by atoms with Crippen LogP contribution < -0.4 is 4.74 Å².